The van der Waals surface area contributed by atoms with Crippen LogP contribution >= 0.6 is 15.9 Å². The molecule has 1 amide bonds. The lowest BCUT2D eigenvalue weighted by molar-refractivity contribution is -0.390. The molecule has 3 aromatic rings. The number of aryl methyl sites for hydroxylation is 1. The molecule has 0 aliphatic carbocycles. The Hall–Kier alpha value is -4.01. The summed E-state index contributed by atoms with van der Waals surface area (Å²) in [7, 11) is 0. The molecule has 0 aliphatic rings. The second-order valence-electron chi connectivity index (χ2n) is 6.72. The van der Waals surface area contributed by atoms with Gasteiger partial charge >= 0.3 is 12.0 Å². The third-order valence-corrected chi connectivity index (χ3v) is 4.78. The van der Waals surface area contributed by atoms with E-state index in [-0.39, 0.29) is 34.6 Å². The monoisotopic (exact) mass is 543 g/mol. The zero-order valence-electron chi connectivity index (χ0n) is 16.8. The van der Waals surface area contributed by atoms with Gasteiger partial charge in [0.25, 0.3) is 5.69 Å². The molecule has 1 aromatic heterocycles. The number of ether oxygens (including phenoxy) is 1. The minimum Gasteiger partial charge on any atom is -0.457 e. The maximum absolute atomic E-state index is 12.9. The van der Waals surface area contributed by atoms with E-state index < -0.39 is 39.0 Å². The summed E-state index contributed by atoms with van der Waals surface area (Å²) in [6, 6.07) is 7.20. The van der Waals surface area contributed by atoms with Gasteiger partial charge in [-0.3, -0.25) is 14.9 Å². The van der Waals surface area contributed by atoms with Gasteiger partial charge in [0, 0.05) is 18.6 Å². The predicted octanol–water partition coefficient (Wildman–Crippen LogP) is 5.30. The van der Waals surface area contributed by atoms with Crippen LogP contribution in [0.15, 0.2) is 53.1 Å². The summed E-state index contributed by atoms with van der Waals surface area (Å²) in [6.45, 7) is -0.0270. The molecule has 0 spiro atoms. The first-order valence-corrected chi connectivity index (χ1v) is 10.0. The highest BCUT2D eigenvalue weighted by atomic mass is 79.9. The highest BCUT2D eigenvalue weighted by molar-refractivity contribution is 9.10. The van der Waals surface area contributed by atoms with Crippen molar-refractivity contribution in [1.29, 1.82) is 0 Å². The Bertz CT molecular complexity index is 1260. The van der Waals surface area contributed by atoms with Crippen LogP contribution in [0.25, 0.3) is 0 Å². The fraction of sp³-hybridized carbons (Fsp3) is 0.158. The molecule has 2 aromatic carbocycles. The summed E-state index contributed by atoms with van der Waals surface area (Å²) in [5.41, 5.74) is -1.46. The zero-order valence-corrected chi connectivity index (χ0v) is 18.4. The van der Waals surface area contributed by atoms with Gasteiger partial charge in [-0.15, -0.1) is 0 Å². The van der Waals surface area contributed by atoms with E-state index in [4.69, 9.17) is 4.74 Å². The van der Waals surface area contributed by atoms with Crippen LogP contribution in [0.4, 0.5) is 30.4 Å². The van der Waals surface area contributed by atoms with Crippen molar-refractivity contribution < 1.29 is 32.5 Å². The van der Waals surface area contributed by atoms with E-state index in [1.165, 1.54) is 23.0 Å². The van der Waals surface area contributed by atoms with Crippen LogP contribution in [-0.4, -0.2) is 25.5 Å². The molecule has 1 N–H and O–H groups in total. The van der Waals surface area contributed by atoms with Gasteiger partial charge in [0.15, 0.2) is 0 Å². The van der Waals surface area contributed by atoms with E-state index in [9.17, 15) is 38.2 Å². The Labute approximate surface area is 196 Å². The molecule has 178 valence electrons. The van der Waals surface area contributed by atoms with E-state index in [1.54, 1.807) is 0 Å². The minimum atomic E-state index is -4.61. The number of anilines is 1. The molecule has 0 aliphatic heterocycles. The summed E-state index contributed by atoms with van der Waals surface area (Å²) in [6.07, 6.45) is -3.47. The van der Waals surface area contributed by atoms with Crippen LogP contribution in [-0.2, 0) is 17.5 Å². The van der Waals surface area contributed by atoms with Gasteiger partial charge in [-0.05, 0) is 39.1 Å². The largest absolute Gasteiger partial charge is 0.457 e. The first kappa shape index (κ1) is 24.6. The van der Waals surface area contributed by atoms with Crippen molar-refractivity contribution in [3.63, 3.8) is 0 Å². The van der Waals surface area contributed by atoms with Crippen molar-refractivity contribution in [3.8, 4) is 11.5 Å². The Morgan fingerprint density at radius 2 is 1.85 bits per heavy atom. The van der Waals surface area contributed by atoms with Gasteiger partial charge in [0.2, 0.25) is 5.91 Å². The number of carbonyl (C=O) groups excluding carboxylic acids is 1. The average Bonchev–Trinajstić information content (AvgIpc) is 3.12. The lowest BCUT2D eigenvalue weighted by Gasteiger charge is -2.11. The molecular formula is C19H13BrF3N5O6. The maximum Gasteiger partial charge on any atom is 0.416 e. The molecule has 1 heterocycles. The number of nitro groups is 2. The highest BCUT2D eigenvalue weighted by Crippen LogP contribution is 2.34. The van der Waals surface area contributed by atoms with Crippen LogP contribution in [0.1, 0.15) is 12.0 Å². The van der Waals surface area contributed by atoms with Crippen molar-refractivity contribution in [2.75, 3.05) is 5.32 Å². The number of nitrogens with one attached hydrogen (secondary N) is 1. The number of rotatable bonds is 8. The molecule has 0 radical (unpaired) electrons. The number of carbonyl (C=O) groups is 1. The molecular weight excluding hydrogens is 531 g/mol. The smallest absolute Gasteiger partial charge is 0.416 e. The van der Waals surface area contributed by atoms with E-state index in [2.05, 4.69) is 26.3 Å². The highest BCUT2D eigenvalue weighted by Gasteiger charge is 2.30. The van der Waals surface area contributed by atoms with Gasteiger partial charge in [-0.2, -0.15) is 17.9 Å². The molecule has 0 atom stereocenters. The summed E-state index contributed by atoms with van der Waals surface area (Å²) in [4.78, 5) is 32.9. The molecule has 11 nitrogen and oxygen atoms in total. The van der Waals surface area contributed by atoms with E-state index in [0.29, 0.717) is 0 Å². The number of alkyl halides is 3. The summed E-state index contributed by atoms with van der Waals surface area (Å²) >= 11 is 2.98. The van der Waals surface area contributed by atoms with Crippen LogP contribution in [0, 0.1) is 20.2 Å². The molecule has 34 heavy (non-hydrogen) atoms. The quantitative estimate of drug-likeness (QED) is 0.300. The van der Waals surface area contributed by atoms with Crippen LogP contribution in [0.2, 0.25) is 0 Å². The normalized spacial score (nSPS) is 11.2. The lowest BCUT2D eigenvalue weighted by atomic mass is 10.2. The van der Waals surface area contributed by atoms with Crippen LogP contribution in [0.5, 0.6) is 11.5 Å². The van der Waals surface area contributed by atoms with E-state index in [1.807, 2.05) is 0 Å². The predicted molar refractivity (Wildman–Crippen MR) is 114 cm³/mol. The van der Waals surface area contributed by atoms with Gasteiger partial charge < -0.3 is 20.2 Å². The fourth-order valence-electron chi connectivity index (χ4n) is 2.76. The average molecular weight is 544 g/mol. The van der Waals surface area contributed by atoms with E-state index >= 15 is 0 Å². The van der Waals surface area contributed by atoms with Gasteiger partial charge in [-0.1, -0.05) is 6.07 Å². The Morgan fingerprint density at radius 3 is 2.47 bits per heavy atom. The number of nitro benzene ring substituents is 1. The summed E-state index contributed by atoms with van der Waals surface area (Å²) in [5, 5.41) is 28.2. The topological polar surface area (TPSA) is 142 Å². The Kier molecular flexibility index (Phi) is 7.14. The van der Waals surface area contributed by atoms with Crippen LogP contribution < -0.4 is 10.1 Å². The molecule has 0 unspecified atom stereocenters. The van der Waals surface area contributed by atoms with E-state index in [0.717, 1.165) is 30.3 Å². The van der Waals surface area contributed by atoms with Crippen molar-refractivity contribution in [2.45, 2.75) is 19.1 Å². The third kappa shape index (κ3) is 6.28. The third-order valence-electron chi connectivity index (χ3n) is 4.22. The molecule has 0 saturated carbocycles. The van der Waals surface area contributed by atoms with Gasteiger partial charge in [0.1, 0.15) is 16.0 Å². The zero-order chi connectivity index (χ0) is 25.0. The second-order valence-corrected chi connectivity index (χ2v) is 7.57. The number of benzene rings is 2. The number of nitrogens with zero attached hydrogens (tertiary/aromatic N) is 4. The van der Waals surface area contributed by atoms with Crippen molar-refractivity contribution in [1.82, 2.24) is 9.78 Å². The number of hydrogen-bond donors (Lipinski definition) is 1. The number of halogens is 4. The Balaban J connectivity index is 1.74. The molecule has 0 fully saturated rings. The second kappa shape index (κ2) is 9.86. The van der Waals surface area contributed by atoms with Crippen molar-refractivity contribution in [2.24, 2.45) is 0 Å². The number of amides is 1. The SMILES string of the molecule is O=C(CCn1cc(Br)c([N+](=O)[O-])n1)Nc1cc(Oc2cccc(C(F)(F)F)c2)cc([N+](=O)[O-])c1. The van der Waals surface area contributed by atoms with Crippen LogP contribution in [0.3, 0.4) is 0 Å². The van der Waals surface area contributed by atoms with Gasteiger partial charge in [-0.25, -0.2) is 0 Å². The molecule has 0 bridgehead atoms. The molecule has 15 heteroatoms. The summed E-state index contributed by atoms with van der Waals surface area (Å²) < 4.78 is 45.4. The number of non-ortho nitro benzene ring substituents is 1. The number of aromatic nitrogens is 2. The summed E-state index contributed by atoms with van der Waals surface area (Å²) in [5.74, 6) is -1.40. The fourth-order valence-corrected chi connectivity index (χ4v) is 3.22. The first-order chi connectivity index (χ1) is 15.9. The lowest BCUT2D eigenvalue weighted by Crippen LogP contribution is -2.15. The Morgan fingerprint density at radius 1 is 1.12 bits per heavy atom. The first-order valence-electron chi connectivity index (χ1n) is 9.24. The van der Waals surface area contributed by atoms with Gasteiger partial charge in [0.05, 0.1) is 40.1 Å². The van der Waals surface area contributed by atoms with Crippen molar-refractivity contribution in [3.05, 3.63) is 78.9 Å². The van der Waals surface area contributed by atoms with Crippen molar-refractivity contribution >= 4 is 39.0 Å². The maximum atomic E-state index is 12.9. The molecule has 3 rings (SSSR count). The molecule has 0 saturated heterocycles. The minimum absolute atomic E-state index is 0.0270. The number of hydrogen-bond acceptors (Lipinski definition) is 7. The standard InChI is InChI=1S/C19H13BrF3N5O6/c20-16-10-26(25-18(16)28(32)33)5-4-17(29)24-12-7-13(27(30)31)9-15(8-12)34-14-3-1-2-11(6-14)19(21,22)23/h1-3,6-10H,4-5H2,(H,24,29).